The van der Waals surface area contributed by atoms with Crippen molar-refractivity contribution in [1.29, 1.82) is 0 Å². The molecule has 0 unspecified atom stereocenters. The molecule has 0 aromatic heterocycles. The molecule has 0 heterocycles. The first-order valence-corrected chi connectivity index (χ1v) is 5.79. The van der Waals surface area contributed by atoms with Crippen LogP contribution in [0, 0.1) is 20.8 Å². The summed E-state index contributed by atoms with van der Waals surface area (Å²) in [7, 11) is 0. The summed E-state index contributed by atoms with van der Waals surface area (Å²) in [6.07, 6.45) is 0. The van der Waals surface area contributed by atoms with Gasteiger partial charge in [-0.3, -0.25) is 0 Å². The van der Waals surface area contributed by atoms with Gasteiger partial charge in [0.15, 0.2) is 0 Å². The van der Waals surface area contributed by atoms with E-state index in [0.29, 0.717) is 11.5 Å². The van der Waals surface area contributed by atoms with Gasteiger partial charge in [0, 0.05) is 0 Å². The fraction of sp³-hybridized carbons (Fsp3) is 0.188. The molecule has 0 amide bonds. The molecule has 0 aliphatic carbocycles. The lowest BCUT2D eigenvalue weighted by atomic mass is 10.1. The molecule has 0 bridgehead atoms. The molecule has 19 heavy (non-hydrogen) atoms. The van der Waals surface area contributed by atoms with E-state index < -0.39 is 0 Å². The van der Waals surface area contributed by atoms with Crippen LogP contribution in [0.15, 0.2) is 42.5 Å². The molecule has 2 aromatic rings. The molecule has 0 atom stereocenters. The fourth-order valence-corrected chi connectivity index (χ4v) is 1.58. The lowest BCUT2D eigenvalue weighted by Gasteiger charge is -1.95. The number of aromatic hydroxyl groups is 2. The van der Waals surface area contributed by atoms with Crippen LogP contribution in [0.2, 0.25) is 0 Å². The number of rotatable bonds is 0. The molecular formula is C16H20O3. The Hall–Kier alpha value is -2.29. The van der Waals surface area contributed by atoms with Crippen LogP contribution in [-0.2, 0) is 4.79 Å². The maximum atomic E-state index is 8.99. The highest BCUT2D eigenvalue weighted by Gasteiger charge is 1.89. The Bertz CT molecular complexity index is 439. The number of benzene rings is 2. The topological polar surface area (TPSA) is 57.5 Å². The zero-order valence-electron chi connectivity index (χ0n) is 11.6. The Morgan fingerprint density at radius 2 is 1.21 bits per heavy atom. The van der Waals surface area contributed by atoms with Gasteiger partial charge in [0.25, 0.3) is 0 Å². The first kappa shape index (κ1) is 16.7. The van der Waals surface area contributed by atoms with Crippen molar-refractivity contribution in [2.24, 2.45) is 0 Å². The molecule has 0 radical (unpaired) electrons. The molecule has 0 aliphatic heterocycles. The van der Waals surface area contributed by atoms with E-state index in [1.54, 1.807) is 24.3 Å². The standard InChI is InChI=1S/C8H10O.C7H8O.CH2O/c1-6-3-7(2)5-8(9)4-6;1-6-3-2-4-7(8)5-6;1-2/h3-5,9H,1-2H3;2-5,8H,1H3;1H2. The molecule has 3 nitrogen and oxygen atoms in total. The second-order valence-corrected chi connectivity index (χ2v) is 4.18. The fourth-order valence-electron chi connectivity index (χ4n) is 1.58. The maximum absolute atomic E-state index is 8.99. The van der Waals surface area contributed by atoms with E-state index in [4.69, 9.17) is 15.0 Å². The van der Waals surface area contributed by atoms with E-state index in [-0.39, 0.29) is 0 Å². The van der Waals surface area contributed by atoms with Crippen LogP contribution < -0.4 is 0 Å². The van der Waals surface area contributed by atoms with Gasteiger partial charge < -0.3 is 15.0 Å². The normalized spacial score (nSPS) is 8.58. The molecule has 102 valence electrons. The number of hydrogen-bond acceptors (Lipinski definition) is 3. The summed E-state index contributed by atoms with van der Waals surface area (Å²) in [4.78, 5) is 8.00. The maximum Gasteiger partial charge on any atom is 0.116 e. The summed E-state index contributed by atoms with van der Waals surface area (Å²) in [5.74, 6) is 0.692. The molecule has 0 saturated carbocycles. The summed E-state index contributed by atoms with van der Waals surface area (Å²) >= 11 is 0. The van der Waals surface area contributed by atoms with Crippen molar-refractivity contribution in [3.05, 3.63) is 59.2 Å². The second-order valence-electron chi connectivity index (χ2n) is 4.18. The van der Waals surface area contributed by atoms with Crippen molar-refractivity contribution in [3.63, 3.8) is 0 Å². The highest BCUT2D eigenvalue weighted by molar-refractivity contribution is 5.31. The molecule has 0 spiro atoms. The molecule has 0 fully saturated rings. The molecule has 3 heteroatoms. The second kappa shape index (κ2) is 8.75. The van der Waals surface area contributed by atoms with Gasteiger partial charge in [0.05, 0.1) is 0 Å². The monoisotopic (exact) mass is 260 g/mol. The van der Waals surface area contributed by atoms with Gasteiger partial charge in [-0.25, -0.2) is 0 Å². The molecule has 2 rings (SSSR count). The Kier molecular flexibility index (Phi) is 7.70. The Morgan fingerprint density at radius 1 is 0.737 bits per heavy atom. The summed E-state index contributed by atoms with van der Waals surface area (Å²) in [5.41, 5.74) is 3.30. The Balaban J connectivity index is 0.000000303. The van der Waals surface area contributed by atoms with Crippen LogP contribution in [0.3, 0.4) is 0 Å². The first-order chi connectivity index (χ1) is 8.97. The SMILES string of the molecule is C=O.Cc1cc(C)cc(O)c1.Cc1cccc(O)c1. The van der Waals surface area contributed by atoms with Crippen LogP contribution in [0.4, 0.5) is 0 Å². The minimum Gasteiger partial charge on any atom is -0.508 e. The number of carbonyl (C=O) groups is 1. The molecule has 2 N–H and O–H groups in total. The quantitative estimate of drug-likeness (QED) is 0.762. The number of phenols is 2. The van der Waals surface area contributed by atoms with Gasteiger partial charge in [-0.1, -0.05) is 18.2 Å². The largest absolute Gasteiger partial charge is 0.508 e. The first-order valence-electron chi connectivity index (χ1n) is 5.79. The van der Waals surface area contributed by atoms with E-state index in [1.165, 1.54) is 0 Å². The minimum absolute atomic E-state index is 0.338. The number of phenolic OH excluding ortho intramolecular Hbond substituents is 2. The van der Waals surface area contributed by atoms with Crippen molar-refractivity contribution in [1.82, 2.24) is 0 Å². The highest BCUT2D eigenvalue weighted by Crippen LogP contribution is 2.13. The van der Waals surface area contributed by atoms with Gasteiger partial charge in [0.2, 0.25) is 0 Å². The zero-order chi connectivity index (χ0) is 14.8. The Morgan fingerprint density at radius 3 is 1.53 bits per heavy atom. The number of aryl methyl sites for hydroxylation is 3. The van der Waals surface area contributed by atoms with E-state index in [2.05, 4.69) is 0 Å². The summed E-state index contributed by atoms with van der Waals surface area (Å²) in [6.45, 7) is 7.87. The smallest absolute Gasteiger partial charge is 0.116 e. The molecule has 0 saturated heterocycles. The predicted molar refractivity (Wildman–Crippen MR) is 77.5 cm³/mol. The molecule has 2 aromatic carbocycles. The van der Waals surface area contributed by atoms with Gasteiger partial charge in [-0.2, -0.15) is 0 Å². The van der Waals surface area contributed by atoms with Gasteiger partial charge >= 0.3 is 0 Å². The average Bonchev–Trinajstić information content (AvgIpc) is 2.30. The Labute approximate surface area is 114 Å². The summed E-state index contributed by atoms with van der Waals surface area (Å²) in [5, 5.41) is 17.8. The lowest BCUT2D eigenvalue weighted by Crippen LogP contribution is -1.74. The highest BCUT2D eigenvalue weighted by atomic mass is 16.3. The molecular weight excluding hydrogens is 240 g/mol. The van der Waals surface area contributed by atoms with E-state index in [0.717, 1.165) is 16.7 Å². The lowest BCUT2D eigenvalue weighted by molar-refractivity contribution is -0.0979. The van der Waals surface area contributed by atoms with Crippen molar-refractivity contribution in [2.45, 2.75) is 20.8 Å². The average molecular weight is 260 g/mol. The third-order valence-corrected chi connectivity index (χ3v) is 2.21. The zero-order valence-corrected chi connectivity index (χ0v) is 11.6. The van der Waals surface area contributed by atoms with E-state index in [9.17, 15) is 0 Å². The number of carbonyl (C=O) groups excluding carboxylic acids is 1. The van der Waals surface area contributed by atoms with Crippen LogP contribution in [0.1, 0.15) is 16.7 Å². The predicted octanol–water partition coefficient (Wildman–Crippen LogP) is 3.52. The van der Waals surface area contributed by atoms with E-state index in [1.807, 2.05) is 45.8 Å². The van der Waals surface area contributed by atoms with Crippen LogP contribution in [0.25, 0.3) is 0 Å². The van der Waals surface area contributed by atoms with Gasteiger partial charge in [0.1, 0.15) is 18.3 Å². The van der Waals surface area contributed by atoms with Crippen molar-refractivity contribution < 1.29 is 15.0 Å². The van der Waals surface area contributed by atoms with Crippen LogP contribution in [-0.4, -0.2) is 17.0 Å². The van der Waals surface area contributed by atoms with Crippen molar-refractivity contribution in [2.75, 3.05) is 0 Å². The van der Waals surface area contributed by atoms with Gasteiger partial charge in [-0.15, -0.1) is 0 Å². The van der Waals surface area contributed by atoms with E-state index >= 15 is 0 Å². The van der Waals surface area contributed by atoms with Crippen LogP contribution in [0.5, 0.6) is 11.5 Å². The van der Waals surface area contributed by atoms with Crippen molar-refractivity contribution in [3.8, 4) is 11.5 Å². The third kappa shape index (κ3) is 7.60. The van der Waals surface area contributed by atoms with Crippen molar-refractivity contribution >= 4 is 6.79 Å². The third-order valence-electron chi connectivity index (χ3n) is 2.21. The summed E-state index contributed by atoms with van der Waals surface area (Å²) < 4.78 is 0. The molecule has 0 aliphatic rings. The van der Waals surface area contributed by atoms with Crippen LogP contribution >= 0.6 is 0 Å². The number of hydrogen-bond donors (Lipinski definition) is 2. The minimum atomic E-state index is 0.338. The van der Waals surface area contributed by atoms with Gasteiger partial charge in [-0.05, 0) is 61.7 Å². The summed E-state index contributed by atoms with van der Waals surface area (Å²) in [6, 6.07) is 12.7.